The van der Waals surface area contributed by atoms with Crippen LogP contribution in [0.25, 0.3) is 0 Å². The maximum absolute atomic E-state index is 10.6. The molecule has 13 heavy (non-hydrogen) atoms. The number of carboxylic acids is 1. The van der Waals surface area contributed by atoms with Crippen molar-refractivity contribution in [3.8, 4) is 0 Å². The molecular formula is C10H20O2Si. The number of hydrogen-bond donors (Lipinski definition) is 1. The molecule has 0 aliphatic carbocycles. The fraction of sp³-hybridized carbons (Fsp3) is 0.900. The monoisotopic (exact) mass is 200 g/mol. The molecule has 0 aromatic carbocycles. The zero-order valence-corrected chi connectivity index (χ0v) is 9.68. The summed E-state index contributed by atoms with van der Waals surface area (Å²) in [5, 5.41) is 8.70. The molecule has 0 saturated carbocycles. The van der Waals surface area contributed by atoms with Gasteiger partial charge in [-0.25, -0.2) is 0 Å². The van der Waals surface area contributed by atoms with Crippen LogP contribution in [-0.2, 0) is 4.79 Å². The zero-order chi connectivity index (χ0) is 9.90. The van der Waals surface area contributed by atoms with Gasteiger partial charge in [-0.3, -0.25) is 4.79 Å². The van der Waals surface area contributed by atoms with E-state index in [1.807, 2.05) is 0 Å². The van der Waals surface area contributed by atoms with Crippen LogP contribution in [0.1, 0.15) is 25.7 Å². The third-order valence-corrected chi connectivity index (χ3v) is 6.51. The molecule has 1 atom stereocenters. The molecule has 0 aromatic heterocycles. The summed E-state index contributed by atoms with van der Waals surface area (Å²) in [5.74, 6) is -0.154. The lowest BCUT2D eigenvalue weighted by Crippen LogP contribution is -2.23. The molecule has 1 N–H and O–H groups in total. The van der Waals surface area contributed by atoms with Crippen LogP contribution in [0.5, 0.6) is 0 Å². The molecule has 1 aliphatic heterocycles. The topological polar surface area (TPSA) is 37.3 Å². The summed E-state index contributed by atoms with van der Waals surface area (Å²) in [7, 11) is -0.927. The molecular weight excluding hydrogens is 180 g/mol. The molecule has 1 fully saturated rings. The highest BCUT2D eigenvalue weighted by Crippen LogP contribution is 2.31. The van der Waals surface area contributed by atoms with E-state index in [9.17, 15) is 4.79 Å². The highest BCUT2D eigenvalue weighted by Gasteiger charge is 2.26. The van der Waals surface area contributed by atoms with Gasteiger partial charge in [0.25, 0.3) is 0 Å². The van der Waals surface area contributed by atoms with Crippen molar-refractivity contribution in [2.24, 2.45) is 5.92 Å². The Kier molecular flexibility index (Phi) is 3.53. The van der Waals surface area contributed by atoms with E-state index in [0.29, 0.717) is 12.3 Å². The smallest absolute Gasteiger partial charge is 0.303 e. The number of hydrogen-bond acceptors (Lipinski definition) is 1. The van der Waals surface area contributed by atoms with Crippen molar-refractivity contribution in [2.45, 2.75) is 50.9 Å². The highest BCUT2D eigenvalue weighted by molar-refractivity contribution is 6.77. The molecule has 3 heteroatoms. The highest BCUT2D eigenvalue weighted by atomic mass is 28.3. The van der Waals surface area contributed by atoms with E-state index >= 15 is 0 Å². The molecule has 1 heterocycles. The maximum atomic E-state index is 10.6. The lowest BCUT2D eigenvalue weighted by atomic mass is 9.97. The number of rotatable bonds is 2. The number of carbonyl (C=O) groups is 1. The fourth-order valence-corrected chi connectivity index (χ4v) is 4.79. The van der Waals surface area contributed by atoms with Gasteiger partial charge in [0.15, 0.2) is 0 Å². The maximum Gasteiger partial charge on any atom is 0.303 e. The van der Waals surface area contributed by atoms with E-state index < -0.39 is 14.0 Å². The molecule has 1 aliphatic rings. The minimum Gasteiger partial charge on any atom is -0.481 e. The van der Waals surface area contributed by atoms with Crippen molar-refractivity contribution < 1.29 is 9.90 Å². The van der Waals surface area contributed by atoms with Crippen molar-refractivity contribution in [1.82, 2.24) is 0 Å². The van der Waals surface area contributed by atoms with Crippen LogP contribution < -0.4 is 0 Å². The lowest BCUT2D eigenvalue weighted by Gasteiger charge is -2.19. The summed E-state index contributed by atoms with van der Waals surface area (Å²) >= 11 is 0. The minimum atomic E-state index is -0.927. The van der Waals surface area contributed by atoms with E-state index in [1.165, 1.54) is 18.5 Å². The summed E-state index contributed by atoms with van der Waals surface area (Å²) < 4.78 is 0. The first-order chi connectivity index (χ1) is 5.99. The van der Waals surface area contributed by atoms with Crippen LogP contribution in [0.4, 0.5) is 0 Å². The van der Waals surface area contributed by atoms with E-state index in [1.54, 1.807) is 0 Å². The predicted octanol–water partition coefficient (Wildman–Crippen LogP) is 2.97. The Morgan fingerprint density at radius 3 is 2.69 bits per heavy atom. The summed E-state index contributed by atoms with van der Waals surface area (Å²) in [5.41, 5.74) is 0. The van der Waals surface area contributed by atoms with Crippen LogP contribution in [0.2, 0.25) is 25.2 Å². The Labute approximate surface area is 81.4 Å². The second-order valence-corrected chi connectivity index (χ2v) is 10.4. The van der Waals surface area contributed by atoms with Crippen LogP contribution in [0.15, 0.2) is 0 Å². The normalized spacial score (nSPS) is 28.0. The van der Waals surface area contributed by atoms with Crippen molar-refractivity contribution in [1.29, 1.82) is 0 Å². The van der Waals surface area contributed by atoms with Gasteiger partial charge >= 0.3 is 5.97 Å². The Morgan fingerprint density at radius 1 is 1.38 bits per heavy atom. The van der Waals surface area contributed by atoms with Crippen LogP contribution in [-0.4, -0.2) is 19.1 Å². The van der Waals surface area contributed by atoms with Gasteiger partial charge in [-0.15, -0.1) is 0 Å². The van der Waals surface area contributed by atoms with Gasteiger partial charge in [-0.2, -0.15) is 0 Å². The van der Waals surface area contributed by atoms with Gasteiger partial charge < -0.3 is 5.11 Å². The van der Waals surface area contributed by atoms with Crippen LogP contribution in [0, 0.1) is 5.92 Å². The van der Waals surface area contributed by atoms with E-state index in [-0.39, 0.29) is 0 Å². The second kappa shape index (κ2) is 4.27. The Balaban J connectivity index is 2.40. The van der Waals surface area contributed by atoms with E-state index in [2.05, 4.69) is 13.1 Å². The van der Waals surface area contributed by atoms with Gasteiger partial charge in [0.05, 0.1) is 0 Å². The minimum absolute atomic E-state index is 0.393. The third-order valence-electron chi connectivity index (χ3n) is 3.16. The van der Waals surface area contributed by atoms with Gasteiger partial charge in [0.1, 0.15) is 0 Å². The number of aliphatic carboxylic acids is 1. The SMILES string of the molecule is C[Si]1(C)CCC[C@@H](CC(=O)O)CC1. The van der Waals surface area contributed by atoms with Crippen molar-refractivity contribution in [2.75, 3.05) is 0 Å². The Bertz CT molecular complexity index is 189. The van der Waals surface area contributed by atoms with Crippen molar-refractivity contribution >= 4 is 14.0 Å². The first-order valence-electron chi connectivity index (χ1n) is 5.21. The molecule has 0 amide bonds. The second-order valence-electron chi connectivity index (χ2n) is 5.06. The van der Waals surface area contributed by atoms with Crippen LogP contribution in [0.3, 0.4) is 0 Å². The average molecular weight is 200 g/mol. The van der Waals surface area contributed by atoms with E-state index in [0.717, 1.165) is 12.8 Å². The van der Waals surface area contributed by atoms with Gasteiger partial charge in [0.2, 0.25) is 0 Å². The zero-order valence-electron chi connectivity index (χ0n) is 8.68. The first-order valence-corrected chi connectivity index (χ1v) is 8.63. The largest absolute Gasteiger partial charge is 0.481 e. The summed E-state index contributed by atoms with van der Waals surface area (Å²) in [6, 6.07) is 2.72. The van der Waals surface area contributed by atoms with E-state index in [4.69, 9.17) is 5.11 Å². The molecule has 0 bridgehead atoms. The van der Waals surface area contributed by atoms with Crippen LogP contribution >= 0.6 is 0 Å². The molecule has 2 nitrogen and oxygen atoms in total. The summed E-state index contributed by atoms with van der Waals surface area (Å²) in [4.78, 5) is 10.6. The standard InChI is InChI=1S/C10H20O2Si/c1-13(2)6-3-4-9(5-7-13)8-10(11)12/h9H,3-8H2,1-2H3,(H,11,12)/t9-/m1/s1. The first kappa shape index (κ1) is 10.8. The van der Waals surface area contributed by atoms with Gasteiger partial charge in [-0.1, -0.05) is 44.4 Å². The lowest BCUT2D eigenvalue weighted by molar-refractivity contribution is -0.138. The number of carboxylic acid groups (broad SMARTS) is 1. The quantitative estimate of drug-likeness (QED) is 0.696. The summed E-state index contributed by atoms with van der Waals surface area (Å²) in [6.07, 6.45) is 3.95. The third kappa shape index (κ3) is 3.94. The molecule has 0 spiro atoms. The van der Waals surface area contributed by atoms with Gasteiger partial charge in [0, 0.05) is 14.5 Å². The molecule has 0 unspecified atom stereocenters. The Hall–Kier alpha value is -0.313. The molecule has 0 radical (unpaired) electrons. The van der Waals surface area contributed by atoms with Crippen molar-refractivity contribution in [3.05, 3.63) is 0 Å². The molecule has 76 valence electrons. The molecule has 1 saturated heterocycles. The fourth-order valence-electron chi connectivity index (χ4n) is 2.18. The summed E-state index contributed by atoms with van der Waals surface area (Å²) in [6.45, 7) is 4.85. The predicted molar refractivity (Wildman–Crippen MR) is 56.7 cm³/mol. The average Bonchev–Trinajstić information content (AvgIpc) is 2.12. The van der Waals surface area contributed by atoms with Crippen molar-refractivity contribution in [3.63, 3.8) is 0 Å². The Morgan fingerprint density at radius 2 is 2.08 bits per heavy atom. The van der Waals surface area contributed by atoms with Gasteiger partial charge in [-0.05, 0) is 5.92 Å². The molecule has 1 rings (SSSR count). The molecule has 0 aromatic rings.